The summed E-state index contributed by atoms with van der Waals surface area (Å²) < 4.78 is 10.8. The van der Waals surface area contributed by atoms with E-state index in [9.17, 15) is 29.4 Å². The van der Waals surface area contributed by atoms with Crippen molar-refractivity contribution >= 4 is 55.8 Å². The van der Waals surface area contributed by atoms with E-state index in [1.165, 1.54) is 12.4 Å². The molecule has 0 aliphatic heterocycles. The molecule has 0 spiro atoms. The zero-order chi connectivity index (χ0) is 36.5. The Hall–Kier alpha value is -6.23. The average Bonchev–Trinajstić information content (AvgIpc) is 3.13. The minimum Gasteiger partial charge on any atom is -0.254 e. The number of aromatic carboxylic acids is 2. The van der Waals surface area contributed by atoms with E-state index in [1.807, 2.05) is 39.8 Å². The third-order valence-corrected chi connectivity index (χ3v) is 7.59. The first-order valence-corrected chi connectivity index (χ1v) is 15.3. The third-order valence-electron chi connectivity index (χ3n) is 7.59. The van der Waals surface area contributed by atoms with Gasteiger partial charge in [-0.15, -0.1) is 0 Å². The van der Waals surface area contributed by atoms with Crippen LogP contribution in [0.3, 0.4) is 0 Å². The number of carbonyl (C=O) groups excluding carboxylic acids is 2. The van der Waals surface area contributed by atoms with Crippen molar-refractivity contribution in [1.29, 1.82) is 0 Å². The molecule has 8 N–H and O–H groups in total. The number of aryl methyl sites for hydroxylation is 4. The number of pyridine rings is 6. The van der Waals surface area contributed by atoms with Crippen molar-refractivity contribution in [2.75, 3.05) is 0 Å². The molecule has 7 rings (SSSR count). The number of hydrogen-bond acceptors (Lipinski definition) is 10. The maximum absolute atomic E-state index is 11.9. The molecule has 7 aromatic rings. The Morgan fingerprint density at radius 2 is 0.982 bits per heavy atom. The van der Waals surface area contributed by atoms with E-state index in [2.05, 4.69) is 50.9 Å². The number of carboxylic acids is 2. The predicted octanol–water partition coefficient (Wildman–Crippen LogP) is -0.379. The number of benzene rings is 1. The van der Waals surface area contributed by atoms with Gasteiger partial charge in [0.15, 0.2) is 10.9 Å². The van der Waals surface area contributed by atoms with Crippen LogP contribution in [0, 0.1) is 20.5 Å². The van der Waals surface area contributed by atoms with Gasteiger partial charge in [-0.2, -0.15) is 0 Å². The molecule has 0 amide bonds. The molecule has 0 saturated carbocycles. The van der Waals surface area contributed by atoms with E-state index in [0.717, 1.165) is 33.2 Å². The summed E-state index contributed by atoms with van der Waals surface area (Å²) in [6, 6.07) is 18.7. The van der Waals surface area contributed by atoms with E-state index in [4.69, 9.17) is 4.65 Å². The Balaban J connectivity index is 0. The van der Waals surface area contributed by atoms with Gasteiger partial charge in [0.05, 0.1) is 44.9 Å². The Morgan fingerprint density at radius 1 is 0.636 bits per heavy atom. The molecule has 0 fully saturated rings. The van der Waals surface area contributed by atoms with Gasteiger partial charge in [-0.05, 0) is 64.1 Å². The molecule has 17 nitrogen and oxygen atoms in total. The van der Waals surface area contributed by atoms with Crippen LogP contribution in [0.25, 0.3) is 43.9 Å². The first-order chi connectivity index (χ1) is 24.0. The minimum absolute atomic E-state index is 0. The molecule has 0 aliphatic carbocycles. The third kappa shape index (κ3) is 11.1. The Bertz CT molecular complexity index is 2370. The molecule has 292 valence electrons. The summed E-state index contributed by atoms with van der Waals surface area (Å²) in [6.07, 6.45) is 6.17. The second kappa shape index (κ2) is 22.8. The van der Waals surface area contributed by atoms with Crippen LogP contribution >= 0.6 is 0 Å². The largest absolute Gasteiger partial charge is 2.00 e. The normalized spacial score (nSPS) is 9.42. The molecule has 0 unspecified atom stereocenters. The zero-order valence-electron chi connectivity index (χ0n) is 29.9. The molecule has 1 aromatic carbocycles. The molecule has 0 saturated heterocycles. The summed E-state index contributed by atoms with van der Waals surface area (Å²) in [4.78, 5) is 62.7. The van der Waals surface area contributed by atoms with Crippen LogP contribution in [0.1, 0.15) is 46.0 Å². The summed E-state index contributed by atoms with van der Waals surface area (Å²) >= 11 is 0. The fraction of sp³-hybridized carbons (Fsp3) is 0.162. The number of fused-ring (bicyclic) bond motifs is 5. The Morgan fingerprint density at radius 3 is 1.29 bits per heavy atom. The SMILES string of the molecule is CCn1cc(C(=O)[O-])c(=O)c2ccc(C)nc21.CCn1cc(C(=O)[O-])c(=O)c2ccc(C)nc21.O.O.O.O.[C-]#[O+].[Ni+2].c1cnc2c(c1)ccc1cccnc12. The molecular formula is C37H38N6NiO11. The van der Waals surface area contributed by atoms with Crippen molar-refractivity contribution in [2.24, 2.45) is 0 Å². The van der Waals surface area contributed by atoms with Gasteiger partial charge in [0.2, 0.25) is 0 Å². The van der Waals surface area contributed by atoms with Crippen molar-refractivity contribution in [3.05, 3.63) is 135 Å². The predicted molar refractivity (Wildman–Crippen MR) is 197 cm³/mol. The second-order valence-corrected chi connectivity index (χ2v) is 10.8. The van der Waals surface area contributed by atoms with E-state index >= 15 is 0 Å². The monoisotopic (exact) mass is 800 g/mol. The first kappa shape index (κ1) is 50.9. The van der Waals surface area contributed by atoms with Crippen molar-refractivity contribution in [1.82, 2.24) is 29.1 Å². The fourth-order valence-electron chi connectivity index (χ4n) is 5.17. The number of carboxylic acid groups (broad SMARTS) is 2. The minimum atomic E-state index is -1.46. The maximum atomic E-state index is 11.9. The van der Waals surface area contributed by atoms with Crippen LogP contribution < -0.4 is 21.1 Å². The topological polar surface area (TPSA) is 322 Å². The van der Waals surface area contributed by atoms with Crippen LogP contribution in [0.4, 0.5) is 0 Å². The van der Waals surface area contributed by atoms with Gasteiger partial charge < -0.3 is 50.8 Å². The molecular weight excluding hydrogens is 763 g/mol. The Labute approximate surface area is 322 Å². The summed E-state index contributed by atoms with van der Waals surface area (Å²) in [5.41, 5.74) is 2.77. The summed E-state index contributed by atoms with van der Waals surface area (Å²) in [5, 5.41) is 24.6. The first-order valence-electron chi connectivity index (χ1n) is 15.3. The van der Waals surface area contributed by atoms with Gasteiger partial charge in [0.1, 0.15) is 11.3 Å². The molecule has 0 bridgehead atoms. The van der Waals surface area contributed by atoms with Crippen LogP contribution in [0.15, 0.2) is 95.0 Å². The van der Waals surface area contributed by atoms with Crippen molar-refractivity contribution < 1.29 is 62.9 Å². The molecule has 0 aliphatic rings. The summed E-state index contributed by atoms with van der Waals surface area (Å²) in [5.74, 6) is -2.92. The molecule has 6 aromatic heterocycles. The number of aromatic nitrogens is 6. The van der Waals surface area contributed by atoms with Gasteiger partial charge in [-0.3, -0.25) is 19.6 Å². The number of rotatable bonds is 4. The second-order valence-electron chi connectivity index (χ2n) is 10.8. The van der Waals surface area contributed by atoms with Crippen molar-refractivity contribution in [3.63, 3.8) is 0 Å². The molecule has 0 radical (unpaired) electrons. The van der Waals surface area contributed by atoms with Crippen LogP contribution in [-0.4, -0.2) is 62.9 Å². The van der Waals surface area contributed by atoms with Gasteiger partial charge >= 0.3 is 27.8 Å². The summed E-state index contributed by atoms with van der Waals surface area (Å²) in [6.45, 7) is 12.9. The van der Waals surface area contributed by atoms with Gasteiger partial charge in [-0.25, -0.2) is 9.97 Å². The van der Waals surface area contributed by atoms with Crippen LogP contribution in [0.5, 0.6) is 0 Å². The molecule has 0 atom stereocenters. The number of carbonyl (C=O) groups is 2. The molecule has 55 heavy (non-hydrogen) atoms. The van der Waals surface area contributed by atoms with Gasteiger partial charge in [-0.1, -0.05) is 24.3 Å². The molecule has 18 heteroatoms. The quantitative estimate of drug-likeness (QED) is 0.0961. The number of nitrogens with zero attached hydrogens (tertiary/aromatic N) is 6. The van der Waals surface area contributed by atoms with E-state index < -0.39 is 22.8 Å². The zero-order valence-corrected chi connectivity index (χ0v) is 30.8. The molecule has 6 heterocycles. The Kier molecular flexibility index (Phi) is 21.1. The van der Waals surface area contributed by atoms with Crippen molar-refractivity contribution in [3.8, 4) is 0 Å². The van der Waals surface area contributed by atoms with Gasteiger partial charge in [0, 0.05) is 60.0 Å². The van der Waals surface area contributed by atoms with E-state index in [1.54, 1.807) is 45.8 Å². The average molecular weight is 801 g/mol. The number of hydrogen-bond donors (Lipinski definition) is 0. The summed E-state index contributed by atoms with van der Waals surface area (Å²) in [7, 11) is 0. The van der Waals surface area contributed by atoms with E-state index in [0.29, 0.717) is 35.2 Å². The maximum Gasteiger partial charge on any atom is 2.00 e. The van der Waals surface area contributed by atoms with Crippen LogP contribution in [-0.2, 0) is 34.2 Å². The fourth-order valence-corrected chi connectivity index (χ4v) is 5.17. The van der Waals surface area contributed by atoms with Crippen molar-refractivity contribution in [2.45, 2.75) is 40.8 Å². The smallest absolute Gasteiger partial charge is 0.254 e. The van der Waals surface area contributed by atoms with Crippen LogP contribution in [0.2, 0.25) is 0 Å². The van der Waals surface area contributed by atoms with E-state index in [-0.39, 0.29) is 49.5 Å². The van der Waals surface area contributed by atoms with Gasteiger partial charge in [0.25, 0.3) is 0 Å². The standard InChI is InChI=1S/2C12H12N2O3.C12H8N2.CO.Ni.4H2O/c2*1-3-14-6-9(12(16)17)10(15)8-5-4-7(2)13-11(8)14;1-3-9-5-6-10-4-2-8-14-12(10)11(9)13-7-1;1-2;;;;;/h2*4-6H,3H2,1-2H3,(H,16,17);1-8H;;;4*1H2/q;;;;+2;;;;/p-2.